The van der Waals surface area contributed by atoms with Crippen LogP contribution < -0.4 is 20.4 Å². The van der Waals surface area contributed by atoms with Crippen molar-refractivity contribution in [1.82, 2.24) is 4.31 Å². The molecule has 16 heteroatoms. The standard InChI is InChI=1S/C23H30N4O9S2.ClH/c1-16-12-18(34-10-5-11-35-26-23(24)25)14-19(13-16)36-38(32,33)21-8-3-2-7-20(21)37(30,31)27-9-4-6-17(15-27)22(28)29;/h2-3,7-8,12-14,17H,4-6,9-11,15H2,1H3,(H,28,29)(H4,24,25,26);1H. The fourth-order valence-electron chi connectivity index (χ4n) is 3.82. The summed E-state index contributed by atoms with van der Waals surface area (Å²) in [7, 11) is -8.93. The number of sulfonamides is 1. The van der Waals surface area contributed by atoms with Crippen molar-refractivity contribution >= 4 is 44.5 Å². The molecule has 0 amide bonds. The van der Waals surface area contributed by atoms with Crippen molar-refractivity contribution in [3.8, 4) is 11.5 Å². The minimum absolute atomic E-state index is 0. The second-order valence-electron chi connectivity index (χ2n) is 8.56. The maximum Gasteiger partial charge on any atom is 0.340 e. The predicted molar refractivity (Wildman–Crippen MR) is 144 cm³/mol. The number of aryl methyl sites for hydroxylation is 1. The van der Waals surface area contributed by atoms with Crippen LogP contribution >= 0.6 is 12.4 Å². The van der Waals surface area contributed by atoms with Crippen LogP contribution in [0.25, 0.3) is 0 Å². The number of hydrogen-bond donors (Lipinski definition) is 3. The molecular formula is C23H31ClN4O9S2. The molecule has 0 spiro atoms. The van der Waals surface area contributed by atoms with Crippen LogP contribution in [0.15, 0.2) is 57.4 Å². The van der Waals surface area contributed by atoms with Crippen LogP contribution in [-0.4, -0.2) is 64.5 Å². The smallest absolute Gasteiger partial charge is 0.340 e. The molecule has 216 valence electrons. The Kier molecular flexibility index (Phi) is 11.2. The lowest BCUT2D eigenvalue weighted by Gasteiger charge is -2.30. The topological polar surface area (TPSA) is 201 Å². The quantitative estimate of drug-likeness (QED) is 0.104. The molecule has 3 rings (SSSR count). The lowest BCUT2D eigenvalue weighted by atomic mass is 10.0. The summed E-state index contributed by atoms with van der Waals surface area (Å²) in [5, 5.41) is 12.7. The molecule has 0 radical (unpaired) electrons. The highest BCUT2D eigenvalue weighted by molar-refractivity contribution is 7.91. The Bertz CT molecular complexity index is 1400. The van der Waals surface area contributed by atoms with E-state index in [9.17, 15) is 26.7 Å². The Hall–Kier alpha value is -3.27. The Morgan fingerprint density at radius 3 is 2.41 bits per heavy atom. The molecular weight excluding hydrogens is 576 g/mol. The molecule has 13 nitrogen and oxygen atoms in total. The lowest BCUT2D eigenvalue weighted by molar-refractivity contribution is -0.142. The summed E-state index contributed by atoms with van der Waals surface area (Å²) in [5.41, 5.74) is 11.0. The van der Waals surface area contributed by atoms with Crippen LogP contribution in [0.2, 0.25) is 0 Å². The Morgan fingerprint density at radius 1 is 1.08 bits per heavy atom. The van der Waals surface area contributed by atoms with E-state index >= 15 is 0 Å². The molecule has 2 aromatic rings. The second kappa shape index (κ2) is 13.7. The first-order valence-electron chi connectivity index (χ1n) is 11.6. The third kappa shape index (κ3) is 8.61. The van der Waals surface area contributed by atoms with E-state index < -0.39 is 41.8 Å². The van der Waals surface area contributed by atoms with Gasteiger partial charge in [0.2, 0.25) is 16.0 Å². The fourth-order valence-corrected chi connectivity index (χ4v) is 7.04. The van der Waals surface area contributed by atoms with Crippen LogP contribution in [0.3, 0.4) is 0 Å². The number of ether oxygens (including phenoxy) is 1. The highest BCUT2D eigenvalue weighted by atomic mass is 35.5. The highest BCUT2D eigenvalue weighted by Crippen LogP contribution is 2.31. The summed E-state index contributed by atoms with van der Waals surface area (Å²) in [5.74, 6) is -1.93. The number of nitrogens with two attached hydrogens (primary N) is 2. The van der Waals surface area contributed by atoms with Gasteiger partial charge in [-0.2, -0.15) is 12.7 Å². The van der Waals surface area contributed by atoms with E-state index in [0.717, 1.165) is 16.4 Å². The number of aliphatic carboxylic acids is 1. The first-order chi connectivity index (χ1) is 17.9. The molecule has 1 saturated heterocycles. The SMILES string of the molecule is Cc1cc(OCCCON=C(N)N)cc(OS(=O)(=O)c2ccccc2S(=O)(=O)N2CCCC(C(=O)O)C2)c1.Cl. The Labute approximate surface area is 233 Å². The largest absolute Gasteiger partial charge is 0.493 e. The molecule has 2 aromatic carbocycles. The van der Waals surface area contributed by atoms with E-state index in [2.05, 4.69) is 5.16 Å². The molecule has 1 atom stereocenters. The van der Waals surface area contributed by atoms with Crippen LogP contribution in [0.1, 0.15) is 24.8 Å². The van der Waals surface area contributed by atoms with Crippen molar-refractivity contribution in [3.05, 3.63) is 48.0 Å². The number of benzene rings is 2. The van der Waals surface area contributed by atoms with Gasteiger partial charge in [0.05, 0.1) is 12.5 Å². The van der Waals surface area contributed by atoms with Gasteiger partial charge >= 0.3 is 16.1 Å². The maximum absolute atomic E-state index is 13.4. The van der Waals surface area contributed by atoms with Crippen molar-refractivity contribution in [2.75, 3.05) is 26.3 Å². The van der Waals surface area contributed by atoms with Crippen molar-refractivity contribution in [2.24, 2.45) is 22.5 Å². The molecule has 5 N–H and O–H groups in total. The number of carboxylic acid groups (broad SMARTS) is 1. The number of guanidine groups is 1. The molecule has 0 aromatic heterocycles. The Balaban J connectivity index is 0.00000533. The fraction of sp³-hybridized carbons (Fsp3) is 0.391. The van der Waals surface area contributed by atoms with E-state index in [4.69, 9.17) is 25.2 Å². The number of piperidine rings is 1. The van der Waals surface area contributed by atoms with Gasteiger partial charge in [0.15, 0.2) is 0 Å². The van der Waals surface area contributed by atoms with Gasteiger partial charge in [0.1, 0.15) is 27.9 Å². The first kappa shape index (κ1) is 31.9. The summed E-state index contributed by atoms with van der Waals surface area (Å²) in [6.07, 6.45) is 1.11. The first-order valence-corrected chi connectivity index (χ1v) is 14.5. The van der Waals surface area contributed by atoms with Crippen LogP contribution in [0.4, 0.5) is 0 Å². The zero-order valence-electron chi connectivity index (χ0n) is 21.1. The lowest BCUT2D eigenvalue weighted by Crippen LogP contribution is -2.42. The Morgan fingerprint density at radius 2 is 1.74 bits per heavy atom. The number of carbonyl (C=O) groups is 1. The number of halogens is 1. The maximum atomic E-state index is 13.4. The minimum Gasteiger partial charge on any atom is -0.493 e. The number of carboxylic acids is 1. The predicted octanol–water partition coefficient (Wildman–Crippen LogP) is 1.64. The molecule has 1 heterocycles. The molecule has 1 aliphatic heterocycles. The van der Waals surface area contributed by atoms with Crippen molar-refractivity contribution in [2.45, 2.75) is 36.0 Å². The summed E-state index contributed by atoms with van der Waals surface area (Å²) in [6, 6.07) is 9.55. The van der Waals surface area contributed by atoms with Gasteiger partial charge in [0.25, 0.3) is 0 Å². The molecule has 1 fully saturated rings. The molecule has 1 unspecified atom stereocenters. The van der Waals surface area contributed by atoms with Crippen LogP contribution in [-0.2, 0) is 29.8 Å². The van der Waals surface area contributed by atoms with Gasteiger partial charge < -0.3 is 30.3 Å². The zero-order chi connectivity index (χ0) is 27.9. The van der Waals surface area contributed by atoms with Crippen molar-refractivity contribution < 1.29 is 40.5 Å². The van der Waals surface area contributed by atoms with E-state index in [1.54, 1.807) is 13.0 Å². The summed E-state index contributed by atoms with van der Waals surface area (Å²) in [4.78, 5) is 15.2. The molecule has 0 bridgehead atoms. The van der Waals surface area contributed by atoms with Gasteiger partial charge in [0, 0.05) is 25.6 Å². The normalized spacial score (nSPS) is 16.0. The van der Waals surface area contributed by atoms with Gasteiger partial charge in [-0.15, -0.1) is 12.4 Å². The van der Waals surface area contributed by atoms with Gasteiger partial charge in [-0.1, -0.05) is 12.1 Å². The number of oxime groups is 1. The summed E-state index contributed by atoms with van der Waals surface area (Å²) >= 11 is 0. The number of hydrogen-bond acceptors (Lipinski definition) is 9. The average molecular weight is 607 g/mol. The zero-order valence-corrected chi connectivity index (χ0v) is 23.5. The minimum atomic E-state index is -4.61. The van der Waals surface area contributed by atoms with Crippen LogP contribution in [0, 0.1) is 12.8 Å². The molecule has 0 saturated carbocycles. The van der Waals surface area contributed by atoms with Gasteiger partial charge in [-0.05, 0) is 54.8 Å². The summed E-state index contributed by atoms with van der Waals surface area (Å²) < 4.78 is 65.2. The second-order valence-corrected chi connectivity index (χ2v) is 12.0. The summed E-state index contributed by atoms with van der Waals surface area (Å²) in [6.45, 7) is 1.95. The molecule has 39 heavy (non-hydrogen) atoms. The van der Waals surface area contributed by atoms with E-state index in [1.165, 1.54) is 24.3 Å². The van der Waals surface area contributed by atoms with Crippen molar-refractivity contribution in [3.63, 3.8) is 0 Å². The third-order valence-electron chi connectivity index (χ3n) is 5.52. The number of nitrogens with zero attached hydrogens (tertiary/aromatic N) is 2. The highest BCUT2D eigenvalue weighted by Gasteiger charge is 2.36. The van der Waals surface area contributed by atoms with Gasteiger partial charge in [-0.25, -0.2) is 8.42 Å². The number of rotatable bonds is 12. The van der Waals surface area contributed by atoms with E-state index in [-0.39, 0.29) is 50.4 Å². The van der Waals surface area contributed by atoms with Gasteiger partial charge in [-0.3, -0.25) is 4.79 Å². The van der Waals surface area contributed by atoms with E-state index in [0.29, 0.717) is 30.6 Å². The van der Waals surface area contributed by atoms with E-state index in [1.807, 2.05) is 0 Å². The third-order valence-corrected chi connectivity index (χ3v) is 8.88. The van der Waals surface area contributed by atoms with Crippen LogP contribution in [0.5, 0.6) is 11.5 Å². The average Bonchev–Trinajstić information content (AvgIpc) is 2.85. The monoisotopic (exact) mass is 606 g/mol. The molecule has 0 aliphatic carbocycles. The van der Waals surface area contributed by atoms with Crippen molar-refractivity contribution in [1.29, 1.82) is 0 Å². The molecule has 1 aliphatic rings.